The van der Waals surface area contributed by atoms with E-state index in [1.165, 1.54) is 17.5 Å². The van der Waals surface area contributed by atoms with Crippen LogP contribution in [-0.4, -0.2) is 73.9 Å². The van der Waals surface area contributed by atoms with Gasteiger partial charge in [-0.25, -0.2) is 21.6 Å². The standard InChI is InChI=1S/C24H35F3N2O4S2.ClH/c1-3-14-35(31,32)29-12-10-28(11-13-29)23(6-8-24(26,27)9-7-23)5-4-20(30)22-18(17-34)15-19(25)16-21(22)33-2;/h15-16,34H,3-14,17H2,1-2H3;1H. The third-order valence-corrected chi connectivity index (χ3v) is 9.73. The summed E-state index contributed by atoms with van der Waals surface area (Å²) >= 11 is 4.22. The Hall–Kier alpha value is -1.01. The number of rotatable bonds is 10. The molecule has 36 heavy (non-hydrogen) atoms. The van der Waals surface area contributed by atoms with Crippen LogP contribution in [0.25, 0.3) is 0 Å². The zero-order chi connectivity index (χ0) is 25.9. The Morgan fingerprint density at radius 3 is 2.25 bits per heavy atom. The van der Waals surface area contributed by atoms with Crippen molar-refractivity contribution in [1.29, 1.82) is 0 Å². The molecule has 12 heteroatoms. The minimum Gasteiger partial charge on any atom is -0.496 e. The normalized spacial score (nSPS) is 20.5. The van der Waals surface area contributed by atoms with Gasteiger partial charge in [0.25, 0.3) is 0 Å². The van der Waals surface area contributed by atoms with Crippen LogP contribution >= 0.6 is 25.0 Å². The first-order valence-corrected chi connectivity index (χ1v) is 14.3. The largest absolute Gasteiger partial charge is 0.496 e. The smallest absolute Gasteiger partial charge is 0.248 e. The number of methoxy groups -OCH3 is 1. The highest BCUT2D eigenvalue weighted by Crippen LogP contribution is 2.45. The Morgan fingerprint density at radius 2 is 1.72 bits per heavy atom. The maximum absolute atomic E-state index is 14.1. The number of thiol groups is 1. The van der Waals surface area contributed by atoms with Gasteiger partial charge in [0, 0.05) is 62.8 Å². The number of ketones is 1. The van der Waals surface area contributed by atoms with Gasteiger partial charge in [-0.1, -0.05) is 6.92 Å². The molecule has 0 radical (unpaired) electrons. The second kappa shape index (κ2) is 12.7. The van der Waals surface area contributed by atoms with Gasteiger partial charge in [-0.2, -0.15) is 16.9 Å². The first-order chi connectivity index (χ1) is 16.5. The number of nitrogens with zero attached hydrogens (tertiary/aromatic N) is 2. The second-order valence-corrected chi connectivity index (χ2v) is 11.9. The monoisotopic (exact) mass is 572 g/mol. The van der Waals surface area contributed by atoms with Crippen LogP contribution in [0.2, 0.25) is 0 Å². The molecule has 3 rings (SSSR count). The topological polar surface area (TPSA) is 66.9 Å². The molecule has 1 aromatic carbocycles. The molecule has 2 aliphatic rings. The average Bonchev–Trinajstić information content (AvgIpc) is 2.83. The summed E-state index contributed by atoms with van der Waals surface area (Å²) in [5.41, 5.74) is 0.0802. The number of sulfonamides is 1. The van der Waals surface area contributed by atoms with Crippen LogP contribution in [0.1, 0.15) is 67.8 Å². The van der Waals surface area contributed by atoms with Crippen molar-refractivity contribution in [2.75, 3.05) is 39.0 Å². The van der Waals surface area contributed by atoms with E-state index < -0.39 is 27.3 Å². The molecule has 1 aromatic rings. The van der Waals surface area contributed by atoms with Gasteiger partial charge >= 0.3 is 0 Å². The predicted octanol–water partition coefficient (Wildman–Crippen LogP) is 4.95. The lowest BCUT2D eigenvalue weighted by Crippen LogP contribution is -2.60. The number of carbonyl (C=O) groups excluding carboxylic acids is 1. The molecule has 1 heterocycles. The van der Waals surface area contributed by atoms with E-state index in [1.54, 1.807) is 0 Å². The van der Waals surface area contributed by atoms with E-state index >= 15 is 0 Å². The van der Waals surface area contributed by atoms with Crippen LogP contribution in [0, 0.1) is 5.82 Å². The zero-order valence-electron chi connectivity index (χ0n) is 20.8. The maximum atomic E-state index is 14.1. The highest BCUT2D eigenvalue weighted by atomic mass is 35.5. The molecule has 0 amide bonds. The third kappa shape index (κ3) is 7.09. The number of ether oxygens (including phenoxy) is 1. The van der Waals surface area contributed by atoms with Crippen molar-refractivity contribution >= 4 is 40.8 Å². The molecule has 1 aliphatic carbocycles. The van der Waals surface area contributed by atoms with Crippen LogP contribution < -0.4 is 4.74 Å². The van der Waals surface area contributed by atoms with Gasteiger partial charge in [-0.15, -0.1) is 12.4 Å². The number of Topliss-reactive ketones (excluding diaryl/α,β-unsaturated/α-hetero) is 1. The summed E-state index contributed by atoms with van der Waals surface area (Å²) in [4.78, 5) is 15.4. The molecule has 2 fully saturated rings. The molecule has 6 nitrogen and oxygen atoms in total. The maximum Gasteiger partial charge on any atom is 0.248 e. The number of carbonyl (C=O) groups is 1. The number of hydrogen-bond acceptors (Lipinski definition) is 6. The second-order valence-electron chi connectivity index (χ2n) is 9.51. The Bertz CT molecular complexity index is 984. The molecule has 1 saturated carbocycles. The lowest BCUT2D eigenvalue weighted by molar-refractivity contribution is -0.0891. The van der Waals surface area contributed by atoms with E-state index in [0.717, 1.165) is 6.07 Å². The van der Waals surface area contributed by atoms with E-state index in [0.29, 0.717) is 44.6 Å². The van der Waals surface area contributed by atoms with Crippen LogP contribution in [0.3, 0.4) is 0 Å². The Labute approximate surface area is 223 Å². The van der Waals surface area contributed by atoms with Crippen molar-refractivity contribution < 1.29 is 31.1 Å². The van der Waals surface area contributed by atoms with Gasteiger partial charge in [0.05, 0.1) is 18.4 Å². The number of piperazine rings is 1. The summed E-state index contributed by atoms with van der Waals surface area (Å²) in [6.45, 7) is 3.31. The molecule has 1 aliphatic heterocycles. The first-order valence-electron chi connectivity index (χ1n) is 12.1. The summed E-state index contributed by atoms with van der Waals surface area (Å²) in [6.07, 6.45) is 0.905. The van der Waals surface area contributed by atoms with Gasteiger partial charge in [0.15, 0.2) is 5.78 Å². The van der Waals surface area contributed by atoms with E-state index in [1.807, 2.05) is 6.92 Å². The fourth-order valence-corrected chi connectivity index (χ4v) is 7.09. The first kappa shape index (κ1) is 31.2. The molecule has 0 bridgehead atoms. The fourth-order valence-electron chi connectivity index (χ4n) is 5.34. The van der Waals surface area contributed by atoms with Crippen LogP contribution in [0.15, 0.2) is 12.1 Å². The van der Waals surface area contributed by atoms with Gasteiger partial charge in [-0.3, -0.25) is 9.69 Å². The molecule has 0 atom stereocenters. The fraction of sp³-hybridized carbons (Fsp3) is 0.708. The molecule has 206 valence electrons. The molecule has 1 saturated heterocycles. The van der Waals surface area contributed by atoms with Crippen molar-refractivity contribution in [1.82, 2.24) is 9.21 Å². The number of halogens is 4. The van der Waals surface area contributed by atoms with Crippen molar-refractivity contribution in [2.45, 2.75) is 69.1 Å². The lowest BCUT2D eigenvalue weighted by Gasteiger charge is -2.51. The minimum atomic E-state index is -3.33. The Balaban J connectivity index is 0.00000456. The Morgan fingerprint density at radius 1 is 1.11 bits per heavy atom. The SMILES string of the molecule is CCCS(=O)(=O)N1CCN(C2(CCC(=O)c3c(CS)cc(F)cc3OC)CCC(F)(F)CC2)CC1.Cl. The molecular formula is C24H36ClF3N2O4S2. The quantitative estimate of drug-likeness (QED) is 0.317. The zero-order valence-corrected chi connectivity index (χ0v) is 23.3. The van der Waals surface area contributed by atoms with Crippen molar-refractivity contribution in [3.8, 4) is 5.75 Å². The van der Waals surface area contributed by atoms with Gasteiger partial charge in [-0.05, 0) is 37.3 Å². The summed E-state index contributed by atoms with van der Waals surface area (Å²) in [5, 5.41) is 0. The van der Waals surface area contributed by atoms with Gasteiger partial charge in [0.1, 0.15) is 11.6 Å². The van der Waals surface area contributed by atoms with E-state index in [2.05, 4.69) is 17.5 Å². The minimum absolute atomic E-state index is 0. The van der Waals surface area contributed by atoms with Crippen LogP contribution in [-0.2, 0) is 15.8 Å². The third-order valence-electron chi connectivity index (χ3n) is 7.31. The van der Waals surface area contributed by atoms with Gasteiger partial charge < -0.3 is 4.74 Å². The summed E-state index contributed by atoms with van der Waals surface area (Å²) in [7, 11) is -1.96. The summed E-state index contributed by atoms with van der Waals surface area (Å²) in [6, 6.07) is 2.42. The molecular weight excluding hydrogens is 537 g/mol. The number of benzene rings is 1. The van der Waals surface area contributed by atoms with E-state index in [9.17, 15) is 26.4 Å². The van der Waals surface area contributed by atoms with Crippen LogP contribution in [0.5, 0.6) is 5.75 Å². The average molecular weight is 573 g/mol. The van der Waals surface area contributed by atoms with E-state index in [-0.39, 0.29) is 73.1 Å². The summed E-state index contributed by atoms with van der Waals surface area (Å²) in [5.74, 6) is -3.12. The van der Waals surface area contributed by atoms with Gasteiger partial charge in [0.2, 0.25) is 15.9 Å². The molecule has 0 aromatic heterocycles. The van der Waals surface area contributed by atoms with Crippen molar-refractivity contribution in [3.63, 3.8) is 0 Å². The number of hydrogen-bond donors (Lipinski definition) is 1. The molecule has 0 unspecified atom stereocenters. The summed E-state index contributed by atoms with van der Waals surface area (Å²) < 4.78 is 73.7. The van der Waals surface area contributed by atoms with Crippen molar-refractivity contribution in [3.05, 3.63) is 29.1 Å². The Kier molecular flexibility index (Phi) is 11.0. The van der Waals surface area contributed by atoms with Crippen molar-refractivity contribution in [2.24, 2.45) is 0 Å². The molecule has 0 spiro atoms. The highest BCUT2D eigenvalue weighted by molar-refractivity contribution is 7.89. The van der Waals surface area contributed by atoms with E-state index in [4.69, 9.17) is 4.74 Å². The lowest BCUT2D eigenvalue weighted by atomic mass is 9.74. The van der Waals surface area contributed by atoms with Crippen LogP contribution in [0.4, 0.5) is 13.2 Å². The predicted molar refractivity (Wildman–Crippen MR) is 140 cm³/mol. The number of alkyl halides is 2. The molecule has 0 N–H and O–H groups in total. The highest BCUT2D eigenvalue weighted by Gasteiger charge is 2.47.